The summed E-state index contributed by atoms with van der Waals surface area (Å²) in [6, 6.07) is 20.5. The molecule has 246 valence electrons. The van der Waals surface area contributed by atoms with Crippen LogP contribution in [0.2, 0.25) is 0 Å². The Morgan fingerprint density at radius 3 is 2.17 bits per heavy atom. The molecule has 0 aliphatic carbocycles. The molecule has 1 aromatic heterocycles. The highest BCUT2D eigenvalue weighted by atomic mass is 79.9. The van der Waals surface area contributed by atoms with E-state index in [0.717, 1.165) is 85.2 Å². The van der Waals surface area contributed by atoms with E-state index in [1.54, 1.807) is 21.3 Å². The van der Waals surface area contributed by atoms with Gasteiger partial charge in [0, 0.05) is 56.5 Å². The molecule has 3 aliphatic rings. The molecule has 0 saturated carbocycles. The van der Waals surface area contributed by atoms with Gasteiger partial charge in [0.05, 0.1) is 39.8 Å². The molecule has 0 radical (unpaired) electrons. The van der Waals surface area contributed by atoms with Crippen LogP contribution in [0.15, 0.2) is 88.5 Å². The number of fused-ring (bicyclic) bond motifs is 4. The van der Waals surface area contributed by atoms with Crippen LogP contribution >= 0.6 is 31.9 Å². The first kappa shape index (κ1) is 36.9. The summed E-state index contributed by atoms with van der Waals surface area (Å²) in [6.45, 7) is 7.66. The number of nitrogens with zero attached hydrogens (tertiary/aromatic N) is 2. The van der Waals surface area contributed by atoms with Crippen LogP contribution in [0.4, 0.5) is 0 Å². The number of aromatic nitrogens is 1. The van der Waals surface area contributed by atoms with Gasteiger partial charge in [0.1, 0.15) is 35.9 Å². The third-order valence-electron chi connectivity index (χ3n) is 9.95. The summed E-state index contributed by atoms with van der Waals surface area (Å²) in [5.74, 6) is 3.40. The van der Waals surface area contributed by atoms with Crippen molar-refractivity contribution in [1.82, 2.24) is 0 Å². The Hall–Kier alpha value is -1.95. The predicted molar refractivity (Wildman–Crippen MR) is 180 cm³/mol. The molecule has 1 N–H and O–H groups in total. The van der Waals surface area contributed by atoms with Crippen molar-refractivity contribution in [2.24, 2.45) is 11.8 Å². The van der Waals surface area contributed by atoms with Crippen molar-refractivity contribution >= 4 is 42.8 Å². The fraction of sp³-hybridized carbons (Fsp3) is 0.361. The molecule has 3 saturated heterocycles. The van der Waals surface area contributed by atoms with Crippen LogP contribution in [-0.2, 0) is 13.1 Å². The minimum absolute atomic E-state index is 0. The molecule has 7 rings (SSSR count). The highest BCUT2D eigenvalue weighted by molar-refractivity contribution is 9.10. The number of aliphatic hydroxyl groups excluding tert-OH is 1. The molecule has 3 aromatic carbocycles. The first-order valence-electron chi connectivity index (χ1n) is 15.1. The maximum atomic E-state index is 12.4. The Morgan fingerprint density at radius 2 is 1.52 bits per heavy atom. The van der Waals surface area contributed by atoms with Gasteiger partial charge in [0.25, 0.3) is 0 Å². The largest absolute Gasteiger partial charge is 1.00 e. The molecule has 0 amide bonds. The van der Waals surface area contributed by atoms with E-state index in [0.29, 0.717) is 18.4 Å². The van der Waals surface area contributed by atoms with Crippen LogP contribution in [0.25, 0.3) is 10.9 Å². The Kier molecular flexibility index (Phi) is 12.4. The average Bonchev–Trinajstić information content (AvgIpc) is 3.06. The van der Waals surface area contributed by atoms with Crippen molar-refractivity contribution in [2.45, 2.75) is 38.1 Å². The summed E-state index contributed by atoms with van der Waals surface area (Å²) in [5, 5.41) is 13.4. The fourth-order valence-electron chi connectivity index (χ4n) is 7.57. The standard InChI is InChI=1S/C36H40Br2N2O4.2BrH/c1-5-23-21-40(22-26-17-28(43-3)7-10-33(26)38)15-13-24(23)18-35(40)36(41)30-12-14-39(34-11-8-29(44-4)19-31(30)34)20-25-16-27(42-2)6-9-32(25)37;;/h5-12,14,16-17,19,23-24,35-36,41H,1,13,15,18,20-22H2,2-4H3;2*1H/q+2;;/p-2/t23-,24-,35+,36-,40?;;/m0../s1. The van der Waals surface area contributed by atoms with E-state index in [4.69, 9.17) is 14.2 Å². The van der Waals surface area contributed by atoms with Crippen molar-refractivity contribution in [2.75, 3.05) is 34.4 Å². The van der Waals surface area contributed by atoms with E-state index in [-0.39, 0.29) is 40.0 Å². The molecule has 1 unspecified atom stereocenters. The van der Waals surface area contributed by atoms with Crippen LogP contribution in [0.3, 0.4) is 0 Å². The van der Waals surface area contributed by atoms with Gasteiger partial charge >= 0.3 is 0 Å². The second-order valence-electron chi connectivity index (χ2n) is 12.2. The van der Waals surface area contributed by atoms with E-state index in [9.17, 15) is 5.11 Å². The molecule has 0 spiro atoms. The SMILES string of the molecule is C=C[C@H]1C[N+]2(Cc3cc(OC)ccc3Br)CC[C@H]1C[C@@H]2[C@@H](O)c1cc[n+](Cc2cc(OC)ccc2Br)c2ccc(OC)cc12.[Br-].[Br-]. The number of piperidine rings is 3. The van der Waals surface area contributed by atoms with Crippen LogP contribution in [0.1, 0.15) is 35.6 Å². The van der Waals surface area contributed by atoms with Crippen molar-refractivity contribution < 1.29 is 62.3 Å². The van der Waals surface area contributed by atoms with Crippen LogP contribution < -0.4 is 52.7 Å². The lowest BCUT2D eigenvalue weighted by molar-refractivity contribution is -0.985. The first-order chi connectivity index (χ1) is 21.3. The molecule has 46 heavy (non-hydrogen) atoms. The number of hydrogen-bond donors (Lipinski definition) is 1. The Balaban J connectivity index is 0.00000240. The third-order valence-corrected chi connectivity index (χ3v) is 11.5. The van der Waals surface area contributed by atoms with E-state index in [1.165, 1.54) is 5.56 Å². The van der Waals surface area contributed by atoms with Gasteiger partial charge in [-0.25, -0.2) is 0 Å². The van der Waals surface area contributed by atoms with E-state index >= 15 is 0 Å². The van der Waals surface area contributed by atoms with Crippen LogP contribution in [-0.4, -0.2) is 50.1 Å². The molecular weight excluding hydrogens is 844 g/mol. The fourth-order valence-corrected chi connectivity index (χ4v) is 8.31. The lowest BCUT2D eigenvalue weighted by Crippen LogP contribution is -3.00. The molecule has 4 heterocycles. The van der Waals surface area contributed by atoms with Crippen molar-refractivity contribution in [3.05, 3.63) is 105 Å². The Morgan fingerprint density at radius 1 is 0.913 bits per heavy atom. The van der Waals surface area contributed by atoms with Crippen LogP contribution in [0, 0.1) is 11.8 Å². The number of hydrogen-bond acceptors (Lipinski definition) is 4. The number of halogens is 4. The minimum atomic E-state index is -0.652. The lowest BCUT2D eigenvalue weighted by atomic mass is 9.71. The monoisotopic (exact) mass is 880 g/mol. The van der Waals surface area contributed by atoms with Crippen molar-refractivity contribution in [3.8, 4) is 17.2 Å². The van der Waals surface area contributed by atoms with Gasteiger partial charge in [-0.1, -0.05) is 37.9 Å². The highest BCUT2D eigenvalue weighted by Crippen LogP contribution is 2.48. The zero-order valence-corrected chi connectivity index (χ0v) is 32.6. The Bertz CT molecular complexity index is 1700. The van der Waals surface area contributed by atoms with E-state index < -0.39 is 6.10 Å². The average molecular weight is 884 g/mol. The van der Waals surface area contributed by atoms with Gasteiger partial charge in [-0.2, -0.15) is 4.57 Å². The highest BCUT2D eigenvalue weighted by Gasteiger charge is 2.54. The molecular formula is C36H40Br4N2O4. The van der Waals surface area contributed by atoms with Crippen LogP contribution in [0.5, 0.6) is 17.2 Å². The zero-order valence-electron chi connectivity index (χ0n) is 26.3. The second-order valence-corrected chi connectivity index (χ2v) is 13.9. The van der Waals surface area contributed by atoms with Gasteiger partial charge in [-0.3, -0.25) is 0 Å². The first-order valence-corrected chi connectivity index (χ1v) is 16.7. The minimum Gasteiger partial charge on any atom is -1.00 e. The zero-order chi connectivity index (χ0) is 31.0. The molecule has 4 aromatic rings. The number of methoxy groups -OCH3 is 3. The van der Waals surface area contributed by atoms with Gasteiger partial charge < -0.3 is 57.8 Å². The Labute approximate surface area is 309 Å². The van der Waals surface area contributed by atoms with Gasteiger partial charge in [-0.05, 0) is 54.4 Å². The third kappa shape index (κ3) is 7.08. The number of aliphatic hydroxyl groups is 1. The molecule has 10 heteroatoms. The molecule has 6 nitrogen and oxygen atoms in total. The molecule has 5 atom stereocenters. The number of quaternary nitrogens is 1. The topological polar surface area (TPSA) is 51.8 Å². The van der Waals surface area contributed by atoms with E-state index in [1.807, 2.05) is 24.3 Å². The van der Waals surface area contributed by atoms with Gasteiger partial charge in [0.15, 0.2) is 12.7 Å². The summed E-state index contributed by atoms with van der Waals surface area (Å²) in [6.07, 6.45) is 5.69. The second kappa shape index (κ2) is 15.5. The molecule has 3 fully saturated rings. The molecule has 2 bridgehead atoms. The predicted octanol–water partition coefficient (Wildman–Crippen LogP) is 1.38. The smallest absolute Gasteiger partial charge is 0.213 e. The van der Waals surface area contributed by atoms with E-state index in [2.05, 4.69) is 91.7 Å². The summed E-state index contributed by atoms with van der Waals surface area (Å²) >= 11 is 7.53. The van der Waals surface area contributed by atoms with Gasteiger partial charge in [-0.15, -0.1) is 6.58 Å². The maximum absolute atomic E-state index is 12.4. The maximum Gasteiger partial charge on any atom is 0.213 e. The van der Waals surface area contributed by atoms with Crippen molar-refractivity contribution in [3.63, 3.8) is 0 Å². The molecule has 3 aliphatic heterocycles. The van der Waals surface area contributed by atoms with Gasteiger partial charge in [0.2, 0.25) is 5.52 Å². The number of ether oxygens (including phenoxy) is 3. The lowest BCUT2D eigenvalue weighted by Gasteiger charge is -2.58. The normalized spacial score (nSPS) is 22.3. The summed E-state index contributed by atoms with van der Waals surface area (Å²) in [5.41, 5.74) is 4.29. The summed E-state index contributed by atoms with van der Waals surface area (Å²) < 4.78 is 21.9. The van der Waals surface area contributed by atoms with Crippen molar-refractivity contribution in [1.29, 1.82) is 0 Å². The number of rotatable bonds is 10. The summed E-state index contributed by atoms with van der Waals surface area (Å²) in [4.78, 5) is 0. The summed E-state index contributed by atoms with van der Waals surface area (Å²) in [7, 11) is 5.08. The number of pyridine rings is 1. The quantitative estimate of drug-likeness (QED) is 0.149. The number of benzene rings is 3.